The molecule has 0 aliphatic carbocycles. The molecule has 1 atom stereocenters. The minimum atomic E-state index is -3.74. The second-order valence-electron chi connectivity index (χ2n) is 8.14. The lowest BCUT2D eigenvalue weighted by Gasteiger charge is -2.32. The number of nitrogens with zero attached hydrogens (tertiary/aromatic N) is 3. The fraction of sp³-hybridized carbons (Fsp3) is 0.591. The Balaban J connectivity index is 1.64. The van der Waals surface area contributed by atoms with Crippen LogP contribution in [0.2, 0.25) is 0 Å². The molecular formula is C22H31N3O7S. The van der Waals surface area contributed by atoms with Crippen molar-refractivity contribution in [3.8, 4) is 0 Å². The second kappa shape index (κ2) is 11.1. The lowest BCUT2D eigenvalue weighted by Crippen LogP contribution is -2.47. The van der Waals surface area contributed by atoms with E-state index in [-0.39, 0.29) is 54.4 Å². The zero-order chi connectivity index (χ0) is 24.0. The fourth-order valence-corrected chi connectivity index (χ4v) is 5.43. The van der Waals surface area contributed by atoms with Crippen LogP contribution in [0.15, 0.2) is 29.2 Å². The monoisotopic (exact) mass is 481 g/mol. The van der Waals surface area contributed by atoms with Gasteiger partial charge in [0, 0.05) is 38.8 Å². The van der Waals surface area contributed by atoms with Gasteiger partial charge < -0.3 is 19.3 Å². The number of amides is 2. The largest absolute Gasteiger partial charge is 0.466 e. The van der Waals surface area contributed by atoms with Gasteiger partial charge in [-0.25, -0.2) is 8.42 Å². The normalized spacial score (nSPS) is 19.7. The van der Waals surface area contributed by atoms with Gasteiger partial charge in [-0.3, -0.25) is 14.4 Å². The van der Waals surface area contributed by atoms with Crippen molar-refractivity contribution in [3.05, 3.63) is 29.8 Å². The minimum Gasteiger partial charge on any atom is -0.466 e. The van der Waals surface area contributed by atoms with E-state index in [2.05, 4.69) is 0 Å². The third-order valence-electron chi connectivity index (χ3n) is 5.80. The highest BCUT2D eigenvalue weighted by Crippen LogP contribution is 2.20. The van der Waals surface area contributed by atoms with E-state index in [0.717, 1.165) is 0 Å². The Bertz CT molecular complexity index is 976. The quantitative estimate of drug-likeness (QED) is 0.524. The van der Waals surface area contributed by atoms with Crippen molar-refractivity contribution in [2.75, 3.05) is 59.6 Å². The summed E-state index contributed by atoms with van der Waals surface area (Å²) in [6.45, 7) is 3.83. The van der Waals surface area contributed by atoms with Crippen molar-refractivity contribution in [2.24, 2.45) is 5.92 Å². The molecule has 0 radical (unpaired) electrons. The topological polar surface area (TPSA) is 114 Å². The molecule has 0 aromatic heterocycles. The number of hydrogen-bond acceptors (Lipinski definition) is 7. The van der Waals surface area contributed by atoms with E-state index in [0.29, 0.717) is 39.2 Å². The van der Waals surface area contributed by atoms with Gasteiger partial charge in [-0.1, -0.05) is 6.07 Å². The summed E-state index contributed by atoms with van der Waals surface area (Å²) in [6.07, 6.45) is 1.36. The maximum Gasteiger partial charge on any atom is 0.310 e. The molecule has 0 N–H and O–H groups in total. The standard InChI is InChI=1S/C22H31N3O7S/c1-3-32-22(28)18-7-5-9-24(15-18)20(26)16-23(2)21(27)17-6-4-8-19(14-17)33(29,30)25-10-12-31-13-11-25/h4,6,8,14,18H,3,5,7,9-13,15-16H2,1-2H3. The number of esters is 1. The van der Waals surface area contributed by atoms with Gasteiger partial charge >= 0.3 is 5.97 Å². The molecule has 1 aromatic carbocycles. The Morgan fingerprint density at radius 1 is 1.18 bits per heavy atom. The number of sulfonamides is 1. The first-order chi connectivity index (χ1) is 15.7. The smallest absolute Gasteiger partial charge is 0.310 e. The first-order valence-corrected chi connectivity index (χ1v) is 12.6. The molecule has 10 nitrogen and oxygen atoms in total. The number of piperidine rings is 1. The average Bonchev–Trinajstić information content (AvgIpc) is 2.84. The molecular weight excluding hydrogens is 450 g/mol. The van der Waals surface area contributed by atoms with Crippen molar-refractivity contribution in [2.45, 2.75) is 24.7 Å². The Morgan fingerprint density at radius 3 is 2.61 bits per heavy atom. The van der Waals surface area contributed by atoms with E-state index in [1.54, 1.807) is 11.8 Å². The summed E-state index contributed by atoms with van der Waals surface area (Å²) in [4.78, 5) is 40.6. The summed E-state index contributed by atoms with van der Waals surface area (Å²) >= 11 is 0. The molecule has 2 fully saturated rings. The molecule has 0 saturated carbocycles. The van der Waals surface area contributed by atoms with Crippen molar-refractivity contribution in [3.63, 3.8) is 0 Å². The highest BCUT2D eigenvalue weighted by atomic mass is 32.2. The number of benzene rings is 1. The van der Waals surface area contributed by atoms with Crippen LogP contribution in [-0.4, -0.2) is 99.9 Å². The molecule has 1 unspecified atom stereocenters. The number of morpholine rings is 1. The molecule has 0 spiro atoms. The molecule has 2 saturated heterocycles. The molecule has 2 aliphatic heterocycles. The predicted molar refractivity (Wildman–Crippen MR) is 119 cm³/mol. The van der Waals surface area contributed by atoms with Gasteiger partial charge in [-0.2, -0.15) is 4.31 Å². The summed E-state index contributed by atoms with van der Waals surface area (Å²) in [7, 11) is -2.24. The number of hydrogen-bond donors (Lipinski definition) is 0. The van der Waals surface area contributed by atoms with Crippen LogP contribution in [-0.2, 0) is 29.1 Å². The van der Waals surface area contributed by atoms with Crippen LogP contribution in [0.25, 0.3) is 0 Å². The summed E-state index contributed by atoms with van der Waals surface area (Å²) in [6, 6.07) is 5.84. The van der Waals surface area contributed by atoms with E-state index < -0.39 is 15.9 Å². The van der Waals surface area contributed by atoms with Gasteiger partial charge in [0.2, 0.25) is 15.9 Å². The highest BCUT2D eigenvalue weighted by molar-refractivity contribution is 7.89. The zero-order valence-corrected chi connectivity index (χ0v) is 19.9. The van der Waals surface area contributed by atoms with E-state index in [1.165, 1.54) is 40.5 Å². The number of ether oxygens (including phenoxy) is 2. The van der Waals surface area contributed by atoms with Crippen LogP contribution in [0.4, 0.5) is 0 Å². The predicted octanol–water partition coefficient (Wildman–Crippen LogP) is 0.581. The molecule has 0 bridgehead atoms. The van der Waals surface area contributed by atoms with E-state index >= 15 is 0 Å². The Labute approximate surface area is 194 Å². The molecule has 182 valence electrons. The maximum atomic E-state index is 12.9. The van der Waals surface area contributed by atoms with Crippen LogP contribution < -0.4 is 0 Å². The highest BCUT2D eigenvalue weighted by Gasteiger charge is 2.31. The number of rotatable bonds is 7. The Hall–Kier alpha value is -2.50. The van der Waals surface area contributed by atoms with Crippen LogP contribution in [0.1, 0.15) is 30.1 Å². The van der Waals surface area contributed by atoms with Crippen molar-refractivity contribution < 1.29 is 32.3 Å². The first kappa shape index (κ1) is 25.1. The number of likely N-dealkylation sites (N-methyl/N-ethyl adjacent to an activating group) is 1. The van der Waals surface area contributed by atoms with Gasteiger partial charge in [0.25, 0.3) is 5.91 Å². The second-order valence-corrected chi connectivity index (χ2v) is 10.1. The maximum absolute atomic E-state index is 12.9. The summed E-state index contributed by atoms with van der Waals surface area (Å²) in [5, 5.41) is 0. The summed E-state index contributed by atoms with van der Waals surface area (Å²) < 4.78 is 37.4. The zero-order valence-electron chi connectivity index (χ0n) is 19.1. The number of carbonyl (C=O) groups is 3. The van der Waals surface area contributed by atoms with Crippen molar-refractivity contribution >= 4 is 27.8 Å². The first-order valence-electron chi connectivity index (χ1n) is 11.1. The molecule has 2 amide bonds. The van der Waals surface area contributed by atoms with Crippen LogP contribution in [0.3, 0.4) is 0 Å². The minimum absolute atomic E-state index is 0.0308. The molecule has 11 heteroatoms. The molecule has 3 rings (SSSR count). The molecule has 33 heavy (non-hydrogen) atoms. The van der Waals surface area contributed by atoms with E-state index in [9.17, 15) is 22.8 Å². The molecule has 2 heterocycles. The van der Waals surface area contributed by atoms with E-state index in [4.69, 9.17) is 9.47 Å². The number of likely N-dealkylation sites (tertiary alicyclic amines) is 1. The van der Waals surface area contributed by atoms with Crippen LogP contribution in [0, 0.1) is 5.92 Å². The van der Waals surface area contributed by atoms with Crippen LogP contribution in [0.5, 0.6) is 0 Å². The van der Waals surface area contributed by atoms with E-state index in [1.807, 2.05) is 0 Å². The van der Waals surface area contributed by atoms with Gasteiger partial charge in [0.05, 0.1) is 37.2 Å². The Morgan fingerprint density at radius 2 is 1.91 bits per heavy atom. The van der Waals surface area contributed by atoms with Gasteiger partial charge in [0.1, 0.15) is 0 Å². The SMILES string of the molecule is CCOC(=O)C1CCCN(C(=O)CN(C)C(=O)c2cccc(S(=O)(=O)N3CCOCC3)c2)C1. The lowest BCUT2D eigenvalue weighted by molar-refractivity contribution is -0.151. The number of carbonyl (C=O) groups excluding carboxylic acids is 3. The molecule has 2 aliphatic rings. The molecule has 1 aromatic rings. The van der Waals surface area contributed by atoms with Crippen molar-refractivity contribution in [1.29, 1.82) is 0 Å². The Kier molecular flexibility index (Phi) is 8.44. The third kappa shape index (κ3) is 6.10. The fourth-order valence-electron chi connectivity index (χ4n) is 3.98. The summed E-state index contributed by atoms with van der Waals surface area (Å²) in [5.41, 5.74) is 0.183. The van der Waals surface area contributed by atoms with Gasteiger partial charge in [0.15, 0.2) is 0 Å². The van der Waals surface area contributed by atoms with Gasteiger partial charge in [-0.15, -0.1) is 0 Å². The third-order valence-corrected chi connectivity index (χ3v) is 7.70. The van der Waals surface area contributed by atoms with Crippen LogP contribution >= 0.6 is 0 Å². The average molecular weight is 482 g/mol. The van der Waals surface area contributed by atoms with Crippen molar-refractivity contribution in [1.82, 2.24) is 14.1 Å². The lowest BCUT2D eigenvalue weighted by atomic mass is 9.98. The van der Waals surface area contributed by atoms with Gasteiger partial charge in [-0.05, 0) is 38.0 Å². The summed E-state index contributed by atoms with van der Waals surface area (Å²) in [5.74, 6) is -1.39.